The van der Waals surface area contributed by atoms with Crippen LogP contribution in [0.4, 0.5) is 11.4 Å². The second-order valence-electron chi connectivity index (χ2n) is 7.84. The van der Waals surface area contributed by atoms with Crippen molar-refractivity contribution in [1.29, 1.82) is 0 Å². The van der Waals surface area contributed by atoms with Crippen molar-refractivity contribution in [2.24, 2.45) is 0 Å². The number of nitrogens with zero attached hydrogens (tertiary/aromatic N) is 3. The first-order chi connectivity index (χ1) is 13.9. The number of hydrogen-bond acceptors (Lipinski definition) is 5. The molecule has 1 unspecified atom stereocenters. The first-order valence-corrected chi connectivity index (χ1v) is 11.9. The van der Waals surface area contributed by atoms with Crippen molar-refractivity contribution in [1.82, 2.24) is 9.62 Å². The normalized spacial score (nSPS) is 22.4. The maximum Gasteiger partial charge on any atom is 0.250 e. The number of nitrogens with one attached hydrogen (secondary N) is 1. The van der Waals surface area contributed by atoms with Gasteiger partial charge in [-0.15, -0.1) is 0 Å². The summed E-state index contributed by atoms with van der Waals surface area (Å²) in [7, 11) is -3.60. The number of likely N-dealkylation sites (N-methyl/N-ethyl adjacent to an activating group) is 1. The second-order valence-corrected chi connectivity index (χ2v) is 9.78. The van der Waals surface area contributed by atoms with E-state index in [1.165, 1.54) is 9.21 Å². The van der Waals surface area contributed by atoms with Crippen molar-refractivity contribution >= 4 is 33.2 Å². The van der Waals surface area contributed by atoms with Crippen molar-refractivity contribution in [3.05, 3.63) is 18.2 Å². The van der Waals surface area contributed by atoms with E-state index < -0.39 is 10.0 Å². The number of amides is 2. The van der Waals surface area contributed by atoms with E-state index in [1.54, 1.807) is 18.2 Å². The van der Waals surface area contributed by atoms with Gasteiger partial charge in [0.25, 0.3) is 0 Å². The van der Waals surface area contributed by atoms with Gasteiger partial charge in [-0.2, -0.15) is 4.31 Å². The number of carbonyl (C=O) groups is 2. The Morgan fingerprint density at radius 3 is 2.55 bits per heavy atom. The largest absolute Gasteiger partial charge is 0.358 e. The van der Waals surface area contributed by atoms with E-state index in [0.29, 0.717) is 25.3 Å². The minimum Gasteiger partial charge on any atom is -0.358 e. The van der Waals surface area contributed by atoms with Crippen LogP contribution in [-0.4, -0.2) is 63.3 Å². The molecular weight excluding hydrogens is 392 g/mol. The van der Waals surface area contributed by atoms with E-state index >= 15 is 0 Å². The van der Waals surface area contributed by atoms with Crippen LogP contribution in [0.3, 0.4) is 0 Å². The Morgan fingerprint density at radius 2 is 1.83 bits per heavy atom. The Balaban J connectivity index is 1.76. The van der Waals surface area contributed by atoms with Crippen molar-refractivity contribution < 1.29 is 18.0 Å². The number of anilines is 2. The molecule has 1 atom stereocenters. The van der Waals surface area contributed by atoms with Crippen molar-refractivity contribution in [2.75, 3.05) is 42.5 Å². The molecule has 0 bridgehead atoms. The fraction of sp³-hybridized carbons (Fsp3) is 0.600. The molecular formula is C20H28N4O4S. The van der Waals surface area contributed by atoms with E-state index in [2.05, 4.69) is 10.2 Å². The highest BCUT2D eigenvalue weighted by Crippen LogP contribution is 2.41. The lowest BCUT2D eigenvalue weighted by molar-refractivity contribution is -0.124. The fourth-order valence-electron chi connectivity index (χ4n) is 4.54. The highest BCUT2D eigenvalue weighted by atomic mass is 32.2. The lowest BCUT2D eigenvalue weighted by Gasteiger charge is -2.45. The van der Waals surface area contributed by atoms with Crippen LogP contribution in [0, 0.1) is 0 Å². The van der Waals surface area contributed by atoms with Gasteiger partial charge < -0.3 is 10.2 Å². The summed E-state index contributed by atoms with van der Waals surface area (Å²) in [5.41, 5.74) is 1.35. The molecule has 0 saturated carbocycles. The Hall–Kier alpha value is -2.13. The molecule has 3 aliphatic rings. The van der Waals surface area contributed by atoms with Crippen LogP contribution in [0.15, 0.2) is 23.1 Å². The lowest BCUT2D eigenvalue weighted by Crippen LogP contribution is -2.57. The maximum atomic E-state index is 13.2. The van der Waals surface area contributed by atoms with E-state index in [-0.39, 0.29) is 29.3 Å². The maximum absolute atomic E-state index is 13.2. The van der Waals surface area contributed by atoms with Gasteiger partial charge in [-0.25, -0.2) is 8.42 Å². The number of sulfonamides is 1. The molecule has 4 rings (SSSR count). The molecule has 2 fully saturated rings. The van der Waals surface area contributed by atoms with Crippen molar-refractivity contribution in [2.45, 2.75) is 50.0 Å². The van der Waals surface area contributed by atoms with Crippen LogP contribution in [0.5, 0.6) is 0 Å². The Bertz CT molecular complexity index is 911. The Labute approximate surface area is 171 Å². The Kier molecular flexibility index (Phi) is 5.52. The number of benzene rings is 1. The summed E-state index contributed by atoms with van der Waals surface area (Å²) in [4.78, 5) is 29.2. The number of carbonyl (C=O) groups excluding carboxylic acids is 2. The SMILES string of the molecule is CCNC(=O)CN1C(=O)C2CCCCN2c2ccc(S(=O)(=O)N3CCCC3)cc21. The van der Waals surface area contributed by atoms with E-state index in [1.807, 2.05) is 6.92 Å². The average molecular weight is 421 g/mol. The third-order valence-electron chi connectivity index (χ3n) is 5.98. The van der Waals surface area contributed by atoms with Gasteiger partial charge in [-0.3, -0.25) is 14.5 Å². The molecule has 29 heavy (non-hydrogen) atoms. The summed E-state index contributed by atoms with van der Waals surface area (Å²) in [6, 6.07) is 4.73. The molecule has 8 nitrogen and oxygen atoms in total. The topological polar surface area (TPSA) is 90.0 Å². The molecule has 3 heterocycles. The predicted octanol–water partition coefficient (Wildman–Crippen LogP) is 1.31. The van der Waals surface area contributed by atoms with Gasteiger partial charge >= 0.3 is 0 Å². The van der Waals surface area contributed by atoms with Gasteiger partial charge in [0.05, 0.1) is 16.3 Å². The minimum absolute atomic E-state index is 0.1000. The second kappa shape index (κ2) is 7.95. The fourth-order valence-corrected chi connectivity index (χ4v) is 6.07. The summed E-state index contributed by atoms with van der Waals surface area (Å²) in [6.07, 6.45) is 4.44. The van der Waals surface area contributed by atoms with E-state index in [9.17, 15) is 18.0 Å². The van der Waals surface area contributed by atoms with Crippen LogP contribution in [0.1, 0.15) is 39.0 Å². The number of rotatable bonds is 5. The molecule has 0 aromatic heterocycles. The molecule has 0 aliphatic carbocycles. The van der Waals surface area contributed by atoms with Crippen LogP contribution in [0.25, 0.3) is 0 Å². The summed E-state index contributed by atoms with van der Waals surface area (Å²) in [6.45, 7) is 4.01. The molecule has 1 aromatic rings. The molecule has 0 radical (unpaired) electrons. The zero-order valence-corrected chi connectivity index (χ0v) is 17.6. The van der Waals surface area contributed by atoms with Crippen LogP contribution in [-0.2, 0) is 19.6 Å². The predicted molar refractivity (Wildman–Crippen MR) is 110 cm³/mol. The summed E-state index contributed by atoms with van der Waals surface area (Å²) in [5, 5.41) is 2.73. The van der Waals surface area contributed by atoms with E-state index in [4.69, 9.17) is 0 Å². The first kappa shape index (κ1) is 20.2. The molecule has 9 heteroatoms. The highest BCUT2D eigenvalue weighted by Gasteiger charge is 2.41. The average Bonchev–Trinajstić information content (AvgIpc) is 3.27. The van der Waals surface area contributed by atoms with Crippen LogP contribution < -0.4 is 15.1 Å². The molecule has 1 N–H and O–H groups in total. The van der Waals surface area contributed by atoms with Gasteiger partial charge in [-0.1, -0.05) is 0 Å². The van der Waals surface area contributed by atoms with Crippen molar-refractivity contribution in [3.8, 4) is 0 Å². The number of fused-ring (bicyclic) bond motifs is 3. The van der Waals surface area contributed by atoms with E-state index in [0.717, 1.165) is 44.3 Å². The third-order valence-corrected chi connectivity index (χ3v) is 7.87. The van der Waals surface area contributed by atoms with Crippen LogP contribution >= 0.6 is 0 Å². The van der Waals surface area contributed by atoms with Crippen molar-refractivity contribution in [3.63, 3.8) is 0 Å². The molecule has 2 saturated heterocycles. The van der Waals surface area contributed by atoms with Crippen LogP contribution in [0.2, 0.25) is 0 Å². The van der Waals surface area contributed by atoms with Gasteiger partial charge in [0.1, 0.15) is 12.6 Å². The van der Waals surface area contributed by atoms with Gasteiger partial charge in [0.2, 0.25) is 21.8 Å². The highest BCUT2D eigenvalue weighted by molar-refractivity contribution is 7.89. The molecule has 2 amide bonds. The van der Waals surface area contributed by atoms with Gasteiger partial charge in [0, 0.05) is 26.2 Å². The third kappa shape index (κ3) is 3.61. The van der Waals surface area contributed by atoms with Gasteiger partial charge in [-0.05, 0) is 57.2 Å². The smallest absolute Gasteiger partial charge is 0.250 e. The molecule has 0 spiro atoms. The van der Waals surface area contributed by atoms with Gasteiger partial charge in [0.15, 0.2) is 0 Å². The number of piperidine rings is 1. The first-order valence-electron chi connectivity index (χ1n) is 10.4. The summed E-state index contributed by atoms with van der Waals surface area (Å²) >= 11 is 0. The zero-order chi connectivity index (χ0) is 20.6. The summed E-state index contributed by atoms with van der Waals surface area (Å²) in [5.74, 6) is -0.372. The standard InChI is InChI=1S/C20H28N4O4S/c1-2-21-19(25)14-24-18-13-15(29(27,28)22-10-5-6-11-22)8-9-16(18)23-12-4-3-7-17(23)20(24)26/h8-9,13,17H,2-7,10-12,14H2,1H3,(H,21,25). The summed E-state index contributed by atoms with van der Waals surface area (Å²) < 4.78 is 27.6. The Morgan fingerprint density at radius 1 is 1.10 bits per heavy atom. The molecule has 1 aromatic carbocycles. The monoisotopic (exact) mass is 420 g/mol. The number of hydrogen-bond donors (Lipinski definition) is 1. The quantitative estimate of drug-likeness (QED) is 0.776. The molecule has 3 aliphatic heterocycles. The lowest BCUT2D eigenvalue weighted by atomic mass is 9.96. The molecule has 158 valence electrons. The zero-order valence-electron chi connectivity index (χ0n) is 16.8. The minimum atomic E-state index is -3.60.